The number of hydrogen-bond donors (Lipinski definition) is 0. The molecule has 0 aliphatic carbocycles. The van der Waals surface area contributed by atoms with E-state index in [1.54, 1.807) is 42.6 Å². The van der Waals surface area contributed by atoms with E-state index in [-0.39, 0.29) is 11.7 Å². The summed E-state index contributed by atoms with van der Waals surface area (Å²) in [5, 5.41) is 0.437. The van der Waals surface area contributed by atoms with Crippen LogP contribution in [0.2, 0.25) is 5.02 Å². The Labute approximate surface area is 310 Å². The van der Waals surface area contributed by atoms with Crippen LogP contribution in [0.15, 0.2) is 109 Å². The fourth-order valence-corrected chi connectivity index (χ4v) is 6.24. The molecule has 1 amide bonds. The molecule has 9 heteroatoms. The number of amides is 1. The molecule has 2 heterocycles. The van der Waals surface area contributed by atoms with Gasteiger partial charge in [0, 0.05) is 57.7 Å². The van der Waals surface area contributed by atoms with Crippen LogP contribution in [0.3, 0.4) is 0 Å². The number of pyridine rings is 1. The predicted octanol–water partition coefficient (Wildman–Crippen LogP) is 8.88. The first-order valence-corrected chi connectivity index (χ1v) is 17.9. The molecule has 1 fully saturated rings. The highest BCUT2D eigenvalue weighted by atomic mass is 35.5. The van der Waals surface area contributed by atoms with Crippen molar-refractivity contribution in [3.63, 3.8) is 0 Å². The zero-order chi connectivity index (χ0) is 36.3. The van der Waals surface area contributed by atoms with E-state index in [9.17, 15) is 9.18 Å². The van der Waals surface area contributed by atoms with Gasteiger partial charge < -0.3 is 19.1 Å². The Kier molecular flexibility index (Phi) is 12.6. The van der Waals surface area contributed by atoms with Crippen LogP contribution in [0.4, 0.5) is 4.39 Å². The maximum Gasteiger partial charge on any atom is 0.246 e. The van der Waals surface area contributed by atoms with Crippen LogP contribution in [-0.2, 0) is 24.2 Å². The lowest BCUT2D eigenvalue weighted by Gasteiger charge is -2.34. The number of halogens is 2. The Hall–Kier alpha value is -5.18. The number of carbonyl (C=O) groups excluding carboxylic acids is 1. The van der Waals surface area contributed by atoms with Gasteiger partial charge in [-0.25, -0.2) is 9.37 Å². The highest BCUT2D eigenvalue weighted by molar-refractivity contribution is 6.32. The van der Waals surface area contributed by atoms with E-state index in [2.05, 4.69) is 65.3 Å². The standard InChI is InChI=1S/C43H43ClFN3O4/c1-31-3-5-33(6-4-31)20-26-51-39-16-17-41(46-29-39)52-43-32(2)27-36(28-40(43)44)11-18-42(49)48-23-21-47(22-24-48)30-35-9-7-34(8-10-35)19-25-50-38-14-12-37(45)13-15-38/h3-18,27-29H,19-26,30H2,1-2H3. The monoisotopic (exact) mass is 719 g/mol. The van der Waals surface area contributed by atoms with E-state index >= 15 is 0 Å². The van der Waals surface area contributed by atoms with Crippen molar-refractivity contribution in [2.45, 2.75) is 33.2 Å². The molecule has 6 rings (SSSR count). The summed E-state index contributed by atoms with van der Waals surface area (Å²) >= 11 is 6.63. The molecular formula is C43H43ClFN3O4. The molecule has 0 N–H and O–H groups in total. The third-order valence-corrected chi connectivity index (χ3v) is 9.23. The van der Waals surface area contributed by atoms with Gasteiger partial charge in [0.1, 0.15) is 17.3 Å². The SMILES string of the molecule is Cc1ccc(CCOc2ccc(Oc3c(C)cc(C=CC(=O)N4CCN(Cc5ccc(CCOc6ccc(F)cc6)cc5)CC4)cc3Cl)nc2)cc1. The van der Waals surface area contributed by atoms with Crippen LogP contribution >= 0.6 is 11.6 Å². The minimum absolute atomic E-state index is 0.0219. The lowest BCUT2D eigenvalue weighted by Crippen LogP contribution is -2.47. The number of hydrogen-bond acceptors (Lipinski definition) is 6. The predicted molar refractivity (Wildman–Crippen MR) is 204 cm³/mol. The Morgan fingerprint density at radius 2 is 1.40 bits per heavy atom. The first-order chi connectivity index (χ1) is 25.3. The van der Waals surface area contributed by atoms with Crippen molar-refractivity contribution in [3.8, 4) is 23.1 Å². The van der Waals surface area contributed by atoms with Gasteiger partial charge in [-0.15, -0.1) is 0 Å². The average molecular weight is 720 g/mol. The fourth-order valence-electron chi connectivity index (χ4n) is 5.93. The van der Waals surface area contributed by atoms with E-state index in [0.717, 1.165) is 43.6 Å². The van der Waals surface area contributed by atoms with Gasteiger partial charge in [0.15, 0.2) is 5.75 Å². The zero-order valence-corrected chi connectivity index (χ0v) is 30.3. The van der Waals surface area contributed by atoms with E-state index in [0.29, 0.717) is 54.5 Å². The van der Waals surface area contributed by atoms with E-state index in [1.807, 2.05) is 24.0 Å². The molecule has 0 radical (unpaired) electrons. The van der Waals surface area contributed by atoms with Crippen molar-refractivity contribution in [2.75, 3.05) is 39.4 Å². The highest BCUT2D eigenvalue weighted by Gasteiger charge is 2.20. The van der Waals surface area contributed by atoms with Crippen LogP contribution in [-0.4, -0.2) is 60.1 Å². The summed E-state index contributed by atoms with van der Waals surface area (Å²) in [7, 11) is 0. The van der Waals surface area contributed by atoms with Crippen LogP contribution in [0.25, 0.3) is 6.08 Å². The smallest absolute Gasteiger partial charge is 0.246 e. The van der Waals surface area contributed by atoms with Crippen LogP contribution < -0.4 is 14.2 Å². The molecular weight excluding hydrogens is 677 g/mol. The van der Waals surface area contributed by atoms with Crippen LogP contribution in [0, 0.1) is 19.7 Å². The van der Waals surface area contributed by atoms with Crippen molar-refractivity contribution >= 4 is 23.6 Å². The van der Waals surface area contributed by atoms with Gasteiger partial charge in [-0.1, -0.05) is 65.7 Å². The number of aryl methyl sites for hydroxylation is 2. The average Bonchev–Trinajstić information content (AvgIpc) is 3.15. The van der Waals surface area contributed by atoms with Crippen LogP contribution in [0.5, 0.6) is 23.1 Å². The van der Waals surface area contributed by atoms with Gasteiger partial charge in [-0.3, -0.25) is 9.69 Å². The van der Waals surface area contributed by atoms with Gasteiger partial charge in [-0.2, -0.15) is 0 Å². The van der Waals surface area contributed by atoms with Gasteiger partial charge in [-0.05, 0) is 90.2 Å². The molecule has 268 valence electrons. The molecule has 1 saturated heterocycles. The quantitative estimate of drug-likeness (QED) is 0.107. The second-order valence-electron chi connectivity index (χ2n) is 13.0. The molecule has 52 heavy (non-hydrogen) atoms. The van der Waals surface area contributed by atoms with E-state index in [1.165, 1.54) is 34.4 Å². The second kappa shape index (κ2) is 17.8. The summed E-state index contributed by atoms with van der Waals surface area (Å²) in [6.45, 7) is 8.85. The number of nitrogens with zero attached hydrogens (tertiary/aromatic N) is 3. The molecule has 0 spiro atoms. The number of rotatable bonds is 14. The highest BCUT2D eigenvalue weighted by Crippen LogP contribution is 2.34. The van der Waals surface area contributed by atoms with Gasteiger partial charge in [0.25, 0.3) is 0 Å². The van der Waals surface area contributed by atoms with Crippen molar-refractivity contribution in [3.05, 3.63) is 154 Å². The van der Waals surface area contributed by atoms with Gasteiger partial charge in [0.05, 0.1) is 24.4 Å². The third kappa shape index (κ3) is 10.7. The van der Waals surface area contributed by atoms with Crippen molar-refractivity contribution in [2.24, 2.45) is 0 Å². The Morgan fingerprint density at radius 1 is 0.788 bits per heavy atom. The lowest BCUT2D eigenvalue weighted by molar-refractivity contribution is -0.127. The first kappa shape index (κ1) is 36.6. The molecule has 0 bridgehead atoms. The summed E-state index contributed by atoms with van der Waals surface area (Å²) in [4.78, 5) is 21.7. The normalized spacial score (nSPS) is 13.3. The second-order valence-corrected chi connectivity index (χ2v) is 13.4. The third-order valence-electron chi connectivity index (χ3n) is 8.95. The van der Waals surface area contributed by atoms with Crippen LogP contribution in [0.1, 0.15) is 33.4 Å². The first-order valence-electron chi connectivity index (χ1n) is 17.6. The number of aromatic nitrogens is 1. The minimum atomic E-state index is -0.272. The van der Waals surface area contributed by atoms with Crippen molar-refractivity contribution in [1.29, 1.82) is 0 Å². The fraction of sp³-hybridized carbons (Fsp3) is 0.256. The Balaban J connectivity index is 0.921. The molecule has 7 nitrogen and oxygen atoms in total. The molecule has 0 unspecified atom stereocenters. The van der Waals surface area contributed by atoms with Crippen molar-refractivity contribution < 1.29 is 23.4 Å². The maximum absolute atomic E-state index is 13.1. The van der Waals surface area contributed by atoms with E-state index < -0.39 is 0 Å². The number of carbonyl (C=O) groups is 1. The summed E-state index contributed by atoms with van der Waals surface area (Å²) in [5.74, 6) is 1.97. The largest absolute Gasteiger partial charge is 0.493 e. The molecule has 1 aromatic heterocycles. The molecule has 0 atom stereocenters. The minimum Gasteiger partial charge on any atom is -0.493 e. The Morgan fingerprint density at radius 3 is 2.04 bits per heavy atom. The van der Waals surface area contributed by atoms with Gasteiger partial charge >= 0.3 is 0 Å². The molecule has 1 aliphatic rings. The van der Waals surface area contributed by atoms with Gasteiger partial charge in [0.2, 0.25) is 11.8 Å². The topological polar surface area (TPSA) is 64.1 Å². The van der Waals surface area contributed by atoms with E-state index in [4.69, 9.17) is 25.8 Å². The summed E-state index contributed by atoms with van der Waals surface area (Å²) in [6, 6.07) is 30.4. The number of benzene rings is 4. The zero-order valence-electron chi connectivity index (χ0n) is 29.6. The summed E-state index contributed by atoms with van der Waals surface area (Å²) in [5.41, 5.74) is 6.53. The summed E-state index contributed by atoms with van der Waals surface area (Å²) < 4.78 is 30.7. The number of piperazine rings is 1. The Bertz CT molecular complexity index is 1920. The molecule has 1 aliphatic heterocycles. The molecule has 0 saturated carbocycles. The molecule has 5 aromatic rings. The molecule has 4 aromatic carbocycles. The maximum atomic E-state index is 13.1. The number of ether oxygens (including phenoxy) is 3. The lowest BCUT2D eigenvalue weighted by atomic mass is 10.1. The summed E-state index contributed by atoms with van der Waals surface area (Å²) in [6.07, 6.45) is 6.64. The van der Waals surface area contributed by atoms with Crippen molar-refractivity contribution in [1.82, 2.24) is 14.8 Å².